The summed E-state index contributed by atoms with van der Waals surface area (Å²) < 4.78 is 0. The minimum absolute atomic E-state index is 0.0618. The van der Waals surface area contributed by atoms with Crippen LogP contribution in [0.2, 0.25) is 5.02 Å². The Bertz CT molecular complexity index is 516. The summed E-state index contributed by atoms with van der Waals surface area (Å²) in [5.41, 5.74) is 0.707. The van der Waals surface area contributed by atoms with Crippen molar-refractivity contribution in [3.63, 3.8) is 0 Å². The van der Waals surface area contributed by atoms with Crippen LogP contribution in [0.4, 0.5) is 5.69 Å². The first-order chi connectivity index (χ1) is 9.97. The van der Waals surface area contributed by atoms with Crippen LogP contribution in [0.1, 0.15) is 12.8 Å². The molecule has 0 unspecified atom stereocenters. The fourth-order valence-electron chi connectivity index (χ4n) is 2.51. The number of hydrogen-bond acceptors (Lipinski definition) is 3. The molecule has 6 heteroatoms. The quantitative estimate of drug-likeness (QED) is 0.923. The predicted octanol–water partition coefficient (Wildman–Crippen LogP) is 1.83. The molecule has 0 saturated carbocycles. The maximum atomic E-state index is 12.1. The van der Waals surface area contributed by atoms with Gasteiger partial charge in [-0.2, -0.15) is 0 Å². The third-order valence-corrected chi connectivity index (χ3v) is 3.82. The van der Waals surface area contributed by atoms with Crippen LogP contribution in [-0.2, 0) is 9.59 Å². The SMILES string of the molecule is CN(C)C(=O)[C@@H]1CCCN1CC(=O)Nc1ccc(Cl)cc1. The monoisotopic (exact) mass is 309 g/mol. The van der Waals surface area contributed by atoms with Crippen LogP contribution in [0.5, 0.6) is 0 Å². The van der Waals surface area contributed by atoms with E-state index in [9.17, 15) is 9.59 Å². The molecule has 1 heterocycles. The van der Waals surface area contributed by atoms with E-state index in [0.717, 1.165) is 19.4 Å². The largest absolute Gasteiger partial charge is 0.347 e. The van der Waals surface area contributed by atoms with Gasteiger partial charge in [0.25, 0.3) is 0 Å². The van der Waals surface area contributed by atoms with Gasteiger partial charge in [-0.25, -0.2) is 0 Å². The van der Waals surface area contributed by atoms with E-state index in [4.69, 9.17) is 11.6 Å². The Kier molecular flexibility index (Phi) is 5.20. The number of anilines is 1. The molecule has 1 N–H and O–H groups in total. The fourth-order valence-corrected chi connectivity index (χ4v) is 2.64. The Labute approximate surface area is 129 Å². The van der Waals surface area contributed by atoms with Gasteiger partial charge in [-0.3, -0.25) is 14.5 Å². The molecule has 1 aliphatic rings. The minimum Gasteiger partial charge on any atom is -0.347 e. The number of likely N-dealkylation sites (tertiary alicyclic amines) is 1. The Balaban J connectivity index is 1.92. The first-order valence-electron chi connectivity index (χ1n) is 6.98. The fraction of sp³-hybridized carbons (Fsp3) is 0.467. The van der Waals surface area contributed by atoms with Gasteiger partial charge in [-0.1, -0.05) is 11.6 Å². The molecule has 1 fully saturated rings. The topological polar surface area (TPSA) is 52.7 Å². The predicted molar refractivity (Wildman–Crippen MR) is 83.4 cm³/mol. The molecular formula is C15H20ClN3O2. The number of carbonyl (C=O) groups is 2. The number of likely N-dealkylation sites (N-methyl/N-ethyl adjacent to an activating group) is 1. The van der Waals surface area contributed by atoms with Crippen LogP contribution < -0.4 is 5.32 Å². The summed E-state index contributed by atoms with van der Waals surface area (Å²) in [6.07, 6.45) is 1.75. The van der Waals surface area contributed by atoms with Gasteiger partial charge in [-0.05, 0) is 43.7 Å². The number of carbonyl (C=O) groups excluding carboxylic acids is 2. The Morgan fingerprint density at radius 3 is 2.62 bits per heavy atom. The van der Waals surface area contributed by atoms with Crippen molar-refractivity contribution in [1.82, 2.24) is 9.80 Å². The van der Waals surface area contributed by atoms with Crippen molar-refractivity contribution in [1.29, 1.82) is 0 Å². The molecule has 1 aliphatic heterocycles. The molecule has 0 bridgehead atoms. The van der Waals surface area contributed by atoms with E-state index in [2.05, 4.69) is 5.32 Å². The summed E-state index contributed by atoms with van der Waals surface area (Å²) in [6.45, 7) is 1.01. The summed E-state index contributed by atoms with van der Waals surface area (Å²) in [4.78, 5) is 27.7. The number of hydrogen-bond donors (Lipinski definition) is 1. The highest BCUT2D eigenvalue weighted by molar-refractivity contribution is 6.30. The number of nitrogens with one attached hydrogen (secondary N) is 1. The first kappa shape index (κ1) is 15.8. The molecule has 1 atom stereocenters. The summed E-state index contributed by atoms with van der Waals surface area (Å²) in [6, 6.07) is 6.78. The first-order valence-corrected chi connectivity index (χ1v) is 7.36. The van der Waals surface area contributed by atoms with E-state index < -0.39 is 0 Å². The van der Waals surface area contributed by atoms with E-state index >= 15 is 0 Å². The smallest absolute Gasteiger partial charge is 0.239 e. The number of halogens is 1. The van der Waals surface area contributed by atoms with Gasteiger partial charge in [0.05, 0.1) is 12.6 Å². The van der Waals surface area contributed by atoms with Gasteiger partial charge in [0.15, 0.2) is 0 Å². The van der Waals surface area contributed by atoms with Crippen LogP contribution in [0.25, 0.3) is 0 Å². The number of amides is 2. The Morgan fingerprint density at radius 2 is 2.00 bits per heavy atom. The van der Waals surface area contributed by atoms with E-state index in [1.807, 2.05) is 4.90 Å². The van der Waals surface area contributed by atoms with Crippen LogP contribution in [-0.4, -0.2) is 54.8 Å². The zero-order valence-corrected chi connectivity index (χ0v) is 13.1. The van der Waals surface area contributed by atoms with Crippen molar-refractivity contribution in [2.45, 2.75) is 18.9 Å². The van der Waals surface area contributed by atoms with Crippen molar-refractivity contribution in [3.05, 3.63) is 29.3 Å². The maximum Gasteiger partial charge on any atom is 0.239 e. The van der Waals surface area contributed by atoms with Crippen molar-refractivity contribution < 1.29 is 9.59 Å². The zero-order chi connectivity index (χ0) is 15.4. The molecule has 21 heavy (non-hydrogen) atoms. The van der Waals surface area contributed by atoms with E-state index in [1.54, 1.807) is 43.3 Å². The lowest BCUT2D eigenvalue weighted by Gasteiger charge is -2.25. The van der Waals surface area contributed by atoms with Gasteiger partial charge in [0, 0.05) is 24.8 Å². The highest BCUT2D eigenvalue weighted by Crippen LogP contribution is 2.19. The summed E-state index contributed by atoms with van der Waals surface area (Å²) >= 11 is 5.81. The molecule has 0 radical (unpaired) electrons. The lowest BCUT2D eigenvalue weighted by atomic mass is 10.2. The molecule has 0 spiro atoms. The normalized spacial score (nSPS) is 18.5. The summed E-state index contributed by atoms with van der Waals surface area (Å²) in [5, 5.41) is 3.45. The van der Waals surface area contributed by atoms with Gasteiger partial charge >= 0.3 is 0 Å². The lowest BCUT2D eigenvalue weighted by molar-refractivity contribution is -0.133. The van der Waals surface area contributed by atoms with Crippen molar-refractivity contribution in [2.75, 3.05) is 32.5 Å². The molecule has 1 aromatic carbocycles. The van der Waals surface area contributed by atoms with Gasteiger partial charge in [0.1, 0.15) is 0 Å². The van der Waals surface area contributed by atoms with Crippen LogP contribution in [0.3, 0.4) is 0 Å². The molecule has 114 valence electrons. The van der Waals surface area contributed by atoms with Crippen LogP contribution >= 0.6 is 11.6 Å². The van der Waals surface area contributed by atoms with Crippen LogP contribution in [0, 0.1) is 0 Å². The number of nitrogens with zero attached hydrogens (tertiary/aromatic N) is 2. The van der Waals surface area contributed by atoms with Crippen molar-refractivity contribution >= 4 is 29.1 Å². The molecule has 1 saturated heterocycles. The minimum atomic E-state index is -0.184. The molecule has 0 aromatic heterocycles. The summed E-state index contributed by atoms with van der Waals surface area (Å²) in [5.74, 6) is -0.0532. The van der Waals surface area contributed by atoms with Crippen molar-refractivity contribution in [2.24, 2.45) is 0 Å². The Morgan fingerprint density at radius 1 is 1.33 bits per heavy atom. The average Bonchev–Trinajstić information content (AvgIpc) is 2.88. The average molecular weight is 310 g/mol. The number of benzene rings is 1. The van der Waals surface area contributed by atoms with E-state index in [1.165, 1.54) is 0 Å². The maximum absolute atomic E-state index is 12.1. The van der Waals surface area contributed by atoms with Crippen LogP contribution in [0.15, 0.2) is 24.3 Å². The zero-order valence-electron chi connectivity index (χ0n) is 12.3. The van der Waals surface area contributed by atoms with Crippen molar-refractivity contribution in [3.8, 4) is 0 Å². The van der Waals surface area contributed by atoms with Gasteiger partial charge in [-0.15, -0.1) is 0 Å². The standard InChI is InChI=1S/C15H20ClN3O2/c1-18(2)15(21)13-4-3-9-19(13)10-14(20)17-12-7-5-11(16)6-8-12/h5-8,13H,3-4,9-10H2,1-2H3,(H,17,20)/t13-/m0/s1. The second kappa shape index (κ2) is 6.91. The molecule has 1 aromatic rings. The molecular weight excluding hydrogens is 290 g/mol. The molecule has 5 nitrogen and oxygen atoms in total. The second-order valence-electron chi connectivity index (χ2n) is 5.42. The third-order valence-electron chi connectivity index (χ3n) is 3.56. The lowest BCUT2D eigenvalue weighted by Crippen LogP contribution is -2.45. The highest BCUT2D eigenvalue weighted by atomic mass is 35.5. The van der Waals surface area contributed by atoms with E-state index in [-0.39, 0.29) is 24.4 Å². The molecule has 0 aliphatic carbocycles. The summed E-state index contributed by atoms with van der Waals surface area (Å²) in [7, 11) is 3.49. The third kappa shape index (κ3) is 4.19. The number of rotatable bonds is 4. The highest BCUT2D eigenvalue weighted by Gasteiger charge is 2.32. The Hall–Kier alpha value is -1.59. The van der Waals surface area contributed by atoms with Gasteiger partial charge < -0.3 is 10.2 Å². The molecule has 2 rings (SSSR count). The molecule has 2 amide bonds. The van der Waals surface area contributed by atoms with E-state index in [0.29, 0.717) is 10.7 Å². The second-order valence-corrected chi connectivity index (χ2v) is 5.85. The van der Waals surface area contributed by atoms with Gasteiger partial charge in [0.2, 0.25) is 11.8 Å².